The van der Waals surface area contributed by atoms with Crippen LogP contribution in [0.2, 0.25) is 0 Å². The molecule has 88 valence electrons. The minimum absolute atomic E-state index is 0.198. The van der Waals surface area contributed by atoms with Crippen molar-refractivity contribution in [2.75, 3.05) is 7.11 Å². The summed E-state index contributed by atoms with van der Waals surface area (Å²) in [5.41, 5.74) is 2.55. The summed E-state index contributed by atoms with van der Waals surface area (Å²) in [6, 6.07) is 3.95. The summed E-state index contributed by atoms with van der Waals surface area (Å²) in [6.07, 6.45) is -3.15. The Morgan fingerprint density at radius 2 is 1.88 bits per heavy atom. The van der Waals surface area contributed by atoms with E-state index in [0.717, 1.165) is 31.4 Å². The molecule has 0 spiro atoms. The normalized spacial score (nSPS) is 14.6. The second-order valence-electron chi connectivity index (χ2n) is 3.17. The van der Waals surface area contributed by atoms with Gasteiger partial charge in [0.15, 0.2) is 0 Å². The van der Waals surface area contributed by atoms with Crippen molar-refractivity contribution in [3.63, 3.8) is 0 Å². The topological polar surface area (TPSA) is 52.3 Å². The molecule has 0 bridgehead atoms. The molecule has 1 atom stereocenters. The summed E-state index contributed by atoms with van der Waals surface area (Å²) in [7, 11) is 0.954. The van der Waals surface area contributed by atoms with E-state index in [4.69, 9.17) is 5.73 Å². The molecule has 1 unspecified atom stereocenters. The number of halogens is 3. The molecule has 0 fully saturated rings. The summed E-state index contributed by atoms with van der Waals surface area (Å²) in [4.78, 5) is 11.2. The second kappa shape index (κ2) is 4.52. The Hall–Kier alpha value is -1.56. The van der Waals surface area contributed by atoms with Gasteiger partial charge in [0.25, 0.3) is 6.43 Å². The molecular formula is C10H10F3NO2. The second-order valence-corrected chi connectivity index (χ2v) is 3.17. The molecule has 0 saturated carbocycles. The third-order valence-electron chi connectivity index (χ3n) is 2.19. The molecule has 2 N–H and O–H groups in total. The molecule has 0 saturated heterocycles. The van der Waals surface area contributed by atoms with Crippen LogP contribution < -0.4 is 5.73 Å². The molecule has 0 aliphatic heterocycles. The third-order valence-corrected chi connectivity index (χ3v) is 2.19. The summed E-state index contributed by atoms with van der Waals surface area (Å²) in [6.45, 7) is 0. The minimum atomic E-state index is -3.15. The molecule has 16 heavy (non-hydrogen) atoms. The van der Waals surface area contributed by atoms with Crippen molar-refractivity contribution in [1.29, 1.82) is 0 Å². The van der Waals surface area contributed by atoms with Gasteiger partial charge in [0, 0.05) is 0 Å². The lowest BCUT2D eigenvalue weighted by atomic mass is 9.91. The van der Waals surface area contributed by atoms with E-state index in [2.05, 4.69) is 4.74 Å². The van der Waals surface area contributed by atoms with Crippen LogP contribution in [0, 0.1) is 5.82 Å². The maximum Gasteiger partial charge on any atom is 0.336 e. The van der Waals surface area contributed by atoms with Crippen molar-refractivity contribution >= 4 is 5.97 Å². The van der Waals surface area contributed by atoms with Crippen LogP contribution in [0.1, 0.15) is 5.56 Å². The number of nitrogens with two attached hydrogens (primary N) is 1. The van der Waals surface area contributed by atoms with E-state index in [1.54, 1.807) is 0 Å². The fourth-order valence-electron chi connectivity index (χ4n) is 1.23. The molecular weight excluding hydrogens is 223 g/mol. The molecule has 0 aliphatic rings. The first-order chi connectivity index (χ1) is 7.42. The smallest absolute Gasteiger partial charge is 0.336 e. The van der Waals surface area contributed by atoms with Crippen molar-refractivity contribution in [3.8, 4) is 0 Å². The van der Waals surface area contributed by atoms with Crippen molar-refractivity contribution in [1.82, 2.24) is 0 Å². The number of benzene rings is 1. The fourth-order valence-corrected chi connectivity index (χ4v) is 1.23. The Labute approximate surface area is 90.0 Å². The largest absolute Gasteiger partial charge is 0.467 e. The van der Waals surface area contributed by atoms with Gasteiger partial charge in [-0.3, -0.25) is 0 Å². The van der Waals surface area contributed by atoms with Gasteiger partial charge in [0.05, 0.1) is 7.11 Å². The average Bonchev–Trinajstić information content (AvgIpc) is 2.27. The Balaban J connectivity index is 3.21. The Morgan fingerprint density at radius 3 is 2.25 bits per heavy atom. The molecule has 1 aromatic rings. The van der Waals surface area contributed by atoms with Crippen molar-refractivity contribution < 1.29 is 22.7 Å². The van der Waals surface area contributed by atoms with Gasteiger partial charge in [-0.15, -0.1) is 0 Å². The van der Waals surface area contributed by atoms with E-state index >= 15 is 0 Å². The van der Waals surface area contributed by atoms with Crippen molar-refractivity contribution in [3.05, 3.63) is 35.6 Å². The van der Waals surface area contributed by atoms with Crippen LogP contribution >= 0.6 is 0 Å². The van der Waals surface area contributed by atoms with Gasteiger partial charge in [-0.25, -0.2) is 18.0 Å². The number of carbonyl (C=O) groups is 1. The molecule has 1 rings (SSSR count). The maximum atomic E-state index is 12.8. The zero-order valence-corrected chi connectivity index (χ0v) is 8.41. The first-order valence-electron chi connectivity index (χ1n) is 4.34. The number of rotatable bonds is 3. The van der Waals surface area contributed by atoms with Gasteiger partial charge in [0.2, 0.25) is 5.54 Å². The average molecular weight is 233 g/mol. The molecule has 3 nitrogen and oxygen atoms in total. The summed E-state index contributed by atoms with van der Waals surface area (Å²) < 4.78 is 42.4. The van der Waals surface area contributed by atoms with E-state index in [1.807, 2.05) is 0 Å². The van der Waals surface area contributed by atoms with Crippen LogP contribution in [0.15, 0.2) is 24.3 Å². The monoisotopic (exact) mass is 233 g/mol. The summed E-state index contributed by atoms with van der Waals surface area (Å²) >= 11 is 0. The Morgan fingerprint density at radius 1 is 1.38 bits per heavy atom. The highest BCUT2D eigenvalue weighted by Crippen LogP contribution is 2.27. The molecule has 6 heteroatoms. The zero-order chi connectivity index (χ0) is 12.3. The van der Waals surface area contributed by atoms with Crippen LogP contribution in [0.3, 0.4) is 0 Å². The van der Waals surface area contributed by atoms with E-state index in [-0.39, 0.29) is 5.56 Å². The highest BCUT2D eigenvalue weighted by Gasteiger charge is 2.46. The predicted molar refractivity (Wildman–Crippen MR) is 50.3 cm³/mol. The first kappa shape index (κ1) is 12.5. The molecule has 0 aliphatic carbocycles. The van der Waals surface area contributed by atoms with Gasteiger partial charge in [-0.1, -0.05) is 12.1 Å². The summed E-state index contributed by atoms with van der Waals surface area (Å²) in [5, 5.41) is 0. The standard InChI is InChI=1S/C10H10F3NO2/c1-16-9(15)10(14,8(12)13)6-2-4-7(11)5-3-6/h2-5,8H,14H2,1H3. The lowest BCUT2D eigenvalue weighted by Gasteiger charge is -2.25. The van der Waals surface area contributed by atoms with Gasteiger partial charge in [-0.05, 0) is 17.7 Å². The first-order valence-corrected chi connectivity index (χ1v) is 4.34. The molecule has 0 heterocycles. The number of carbonyl (C=O) groups excluding carboxylic acids is 1. The van der Waals surface area contributed by atoms with E-state index in [9.17, 15) is 18.0 Å². The number of methoxy groups -OCH3 is 1. The zero-order valence-electron chi connectivity index (χ0n) is 8.41. The summed E-state index contributed by atoms with van der Waals surface area (Å²) in [5.74, 6) is -1.88. The number of esters is 1. The quantitative estimate of drug-likeness (QED) is 0.803. The minimum Gasteiger partial charge on any atom is -0.467 e. The number of alkyl halides is 2. The maximum absolute atomic E-state index is 12.8. The Kier molecular flexibility index (Phi) is 3.54. The number of hydrogen-bond acceptors (Lipinski definition) is 3. The van der Waals surface area contributed by atoms with Gasteiger partial charge in [-0.2, -0.15) is 0 Å². The van der Waals surface area contributed by atoms with Gasteiger partial charge < -0.3 is 10.5 Å². The van der Waals surface area contributed by atoms with Gasteiger partial charge >= 0.3 is 5.97 Å². The van der Waals surface area contributed by atoms with E-state index < -0.39 is 23.8 Å². The van der Waals surface area contributed by atoms with Crippen LogP contribution in [0.5, 0.6) is 0 Å². The lowest BCUT2D eigenvalue weighted by molar-refractivity contribution is -0.154. The van der Waals surface area contributed by atoms with Crippen LogP contribution in [-0.4, -0.2) is 19.5 Å². The van der Waals surface area contributed by atoms with Crippen LogP contribution in [0.4, 0.5) is 13.2 Å². The fraction of sp³-hybridized carbons (Fsp3) is 0.300. The number of hydrogen-bond donors (Lipinski definition) is 1. The molecule has 0 aromatic heterocycles. The molecule has 1 aromatic carbocycles. The highest BCUT2D eigenvalue weighted by molar-refractivity contribution is 5.82. The molecule has 0 radical (unpaired) electrons. The van der Waals surface area contributed by atoms with Gasteiger partial charge in [0.1, 0.15) is 5.82 Å². The lowest BCUT2D eigenvalue weighted by Crippen LogP contribution is -2.51. The van der Waals surface area contributed by atoms with Crippen LogP contribution in [0.25, 0.3) is 0 Å². The highest BCUT2D eigenvalue weighted by atomic mass is 19.3. The Bertz CT molecular complexity index is 380. The SMILES string of the molecule is COC(=O)C(N)(c1ccc(F)cc1)C(F)F. The van der Waals surface area contributed by atoms with Crippen LogP contribution in [-0.2, 0) is 15.1 Å². The van der Waals surface area contributed by atoms with E-state index in [0.29, 0.717) is 0 Å². The number of ether oxygens (including phenoxy) is 1. The van der Waals surface area contributed by atoms with Crippen molar-refractivity contribution in [2.24, 2.45) is 5.73 Å². The molecule has 0 amide bonds. The van der Waals surface area contributed by atoms with Crippen molar-refractivity contribution in [2.45, 2.75) is 12.0 Å². The van der Waals surface area contributed by atoms with E-state index in [1.165, 1.54) is 0 Å². The predicted octanol–water partition coefficient (Wildman–Crippen LogP) is 1.42. The third kappa shape index (κ3) is 2.01.